The molecule has 0 bridgehead atoms. The lowest BCUT2D eigenvalue weighted by Gasteiger charge is -1.94. The van der Waals surface area contributed by atoms with E-state index in [0.717, 1.165) is 0 Å². The summed E-state index contributed by atoms with van der Waals surface area (Å²) in [5.41, 5.74) is 6.27. The van der Waals surface area contributed by atoms with E-state index in [9.17, 15) is 4.39 Å². The van der Waals surface area contributed by atoms with Gasteiger partial charge in [-0.2, -0.15) is 4.98 Å². The fourth-order valence-corrected chi connectivity index (χ4v) is 1.14. The van der Waals surface area contributed by atoms with Gasteiger partial charge in [0.15, 0.2) is 0 Å². The molecule has 78 valence electrons. The maximum Gasteiger partial charge on any atom is 0.243 e. The summed E-state index contributed by atoms with van der Waals surface area (Å²) in [4.78, 5) is 4.08. The van der Waals surface area contributed by atoms with Crippen LogP contribution in [0.15, 0.2) is 28.8 Å². The van der Waals surface area contributed by atoms with Gasteiger partial charge in [0.1, 0.15) is 5.82 Å². The minimum absolute atomic E-state index is 0.297. The average molecular weight is 207 g/mol. The Morgan fingerprint density at radius 1 is 1.33 bits per heavy atom. The van der Waals surface area contributed by atoms with Gasteiger partial charge in [-0.3, -0.25) is 0 Å². The van der Waals surface area contributed by atoms with E-state index in [-0.39, 0.29) is 11.9 Å². The molecule has 1 aromatic heterocycles. The molecule has 0 amide bonds. The molecule has 1 atom stereocenters. The molecule has 1 unspecified atom stereocenters. The van der Waals surface area contributed by atoms with Crippen LogP contribution in [0.4, 0.5) is 4.39 Å². The minimum Gasteiger partial charge on any atom is -0.337 e. The summed E-state index contributed by atoms with van der Waals surface area (Å²) < 4.78 is 17.6. The lowest BCUT2D eigenvalue weighted by Crippen LogP contribution is -2.04. The first-order valence-corrected chi connectivity index (χ1v) is 4.52. The zero-order valence-corrected chi connectivity index (χ0v) is 8.14. The molecule has 0 aliphatic rings. The van der Waals surface area contributed by atoms with Crippen LogP contribution in [0.1, 0.15) is 18.9 Å². The van der Waals surface area contributed by atoms with Gasteiger partial charge in [-0.25, -0.2) is 4.39 Å². The monoisotopic (exact) mass is 207 g/mol. The van der Waals surface area contributed by atoms with Crippen molar-refractivity contribution in [2.75, 3.05) is 0 Å². The van der Waals surface area contributed by atoms with E-state index in [1.165, 1.54) is 12.1 Å². The van der Waals surface area contributed by atoms with Crippen molar-refractivity contribution < 1.29 is 8.91 Å². The van der Waals surface area contributed by atoms with Crippen molar-refractivity contribution in [3.05, 3.63) is 36.0 Å². The van der Waals surface area contributed by atoms with Crippen molar-refractivity contribution in [3.8, 4) is 11.4 Å². The van der Waals surface area contributed by atoms with Gasteiger partial charge in [-0.05, 0) is 31.2 Å². The molecule has 1 aromatic carbocycles. The highest BCUT2D eigenvalue weighted by Gasteiger charge is 2.11. The largest absolute Gasteiger partial charge is 0.337 e. The van der Waals surface area contributed by atoms with Crippen molar-refractivity contribution in [3.63, 3.8) is 0 Å². The first-order valence-electron chi connectivity index (χ1n) is 4.52. The van der Waals surface area contributed by atoms with Crippen LogP contribution < -0.4 is 5.73 Å². The van der Waals surface area contributed by atoms with Crippen molar-refractivity contribution in [2.45, 2.75) is 13.0 Å². The fourth-order valence-electron chi connectivity index (χ4n) is 1.14. The highest BCUT2D eigenvalue weighted by molar-refractivity contribution is 5.53. The summed E-state index contributed by atoms with van der Waals surface area (Å²) in [6.07, 6.45) is 0. The molecule has 2 rings (SSSR count). The molecule has 0 radical (unpaired) electrons. The first-order chi connectivity index (χ1) is 7.16. The lowest BCUT2D eigenvalue weighted by atomic mass is 10.2. The van der Waals surface area contributed by atoms with E-state index in [4.69, 9.17) is 10.3 Å². The molecule has 2 aromatic rings. The SMILES string of the molecule is CC(N)c1nc(-c2ccc(F)cc2)no1. The molecule has 0 aliphatic carbocycles. The number of halogens is 1. The number of rotatable bonds is 2. The summed E-state index contributed by atoms with van der Waals surface area (Å²) in [7, 11) is 0. The summed E-state index contributed by atoms with van der Waals surface area (Å²) in [5, 5.41) is 3.75. The zero-order valence-electron chi connectivity index (χ0n) is 8.14. The number of benzene rings is 1. The van der Waals surface area contributed by atoms with Gasteiger partial charge in [0, 0.05) is 5.56 Å². The lowest BCUT2D eigenvalue weighted by molar-refractivity contribution is 0.362. The zero-order chi connectivity index (χ0) is 10.8. The number of nitrogens with zero attached hydrogens (tertiary/aromatic N) is 2. The Morgan fingerprint density at radius 3 is 2.53 bits per heavy atom. The van der Waals surface area contributed by atoms with Crippen LogP contribution in [0.25, 0.3) is 11.4 Å². The van der Waals surface area contributed by atoms with Gasteiger partial charge >= 0.3 is 0 Å². The van der Waals surface area contributed by atoms with E-state index < -0.39 is 0 Å². The number of hydrogen-bond donors (Lipinski definition) is 1. The molecule has 0 aliphatic heterocycles. The van der Waals surface area contributed by atoms with Crippen LogP contribution in [0.2, 0.25) is 0 Å². The second kappa shape index (κ2) is 3.78. The van der Waals surface area contributed by atoms with Gasteiger partial charge in [0.25, 0.3) is 0 Å². The van der Waals surface area contributed by atoms with Crippen molar-refractivity contribution in [2.24, 2.45) is 5.73 Å². The van der Waals surface area contributed by atoms with Gasteiger partial charge in [-0.1, -0.05) is 5.16 Å². The predicted molar refractivity (Wildman–Crippen MR) is 52.3 cm³/mol. The smallest absolute Gasteiger partial charge is 0.243 e. The Morgan fingerprint density at radius 2 is 2.00 bits per heavy atom. The van der Waals surface area contributed by atoms with Crippen molar-refractivity contribution in [1.29, 1.82) is 0 Å². The van der Waals surface area contributed by atoms with Crippen LogP contribution in [0.5, 0.6) is 0 Å². The third kappa shape index (κ3) is 2.02. The maximum absolute atomic E-state index is 12.7. The summed E-state index contributed by atoms with van der Waals surface area (Å²) >= 11 is 0. The molecule has 0 saturated heterocycles. The highest BCUT2D eigenvalue weighted by atomic mass is 19.1. The molecule has 15 heavy (non-hydrogen) atoms. The van der Waals surface area contributed by atoms with E-state index in [1.807, 2.05) is 0 Å². The summed E-state index contributed by atoms with van der Waals surface area (Å²) in [6.45, 7) is 1.75. The van der Waals surface area contributed by atoms with Gasteiger partial charge in [0.05, 0.1) is 6.04 Å². The van der Waals surface area contributed by atoms with Gasteiger partial charge < -0.3 is 10.3 Å². The van der Waals surface area contributed by atoms with Crippen LogP contribution in [-0.4, -0.2) is 10.1 Å². The van der Waals surface area contributed by atoms with Crippen LogP contribution >= 0.6 is 0 Å². The minimum atomic E-state index is -0.299. The third-order valence-corrected chi connectivity index (χ3v) is 1.93. The van der Waals surface area contributed by atoms with Gasteiger partial charge in [-0.15, -0.1) is 0 Å². The van der Waals surface area contributed by atoms with Crippen molar-refractivity contribution in [1.82, 2.24) is 10.1 Å². The topological polar surface area (TPSA) is 64.9 Å². The molecule has 2 N–H and O–H groups in total. The molecular formula is C10H10FN3O. The second-order valence-corrected chi connectivity index (χ2v) is 3.25. The maximum atomic E-state index is 12.7. The average Bonchev–Trinajstić information content (AvgIpc) is 2.68. The Kier molecular flexibility index (Phi) is 2.47. The predicted octanol–water partition coefficient (Wildman–Crippen LogP) is 1.90. The van der Waals surface area contributed by atoms with Crippen molar-refractivity contribution >= 4 is 0 Å². The fraction of sp³-hybridized carbons (Fsp3) is 0.200. The Bertz CT molecular complexity index is 450. The van der Waals surface area contributed by atoms with Crippen LogP contribution in [-0.2, 0) is 0 Å². The standard InChI is InChI=1S/C10H10FN3O/c1-6(12)10-13-9(14-15-10)7-2-4-8(11)5-3-7/h2-6H,12H2,1H3. The Balaban J connectivity index is 2.33. The Labute approximate surface area is 85.9 Å². The molecule has 0 fully saturated rings. The van der Waals surface area contributed by atoms with Crippen LogP contribution in [0.3, 0.4) is 0 Å². The summed E-state index contributed by atoms with van der Waals surface area (Å²) in [6, 6.07) is 5.57. The quantitative estimate of drug-likeness (QED) is 0.816. The Hall–Kier alpha value is -1.75. The first kappa shape index (κ1) is 9.79. The number of hydrogen-bond acceptors (Lipinski definition) is 4. The molecule has 0 spiro atoms. The van der Waals surface area contributed by atoms with E-state index in [0.29, 0.717) is 17.3 Å². The van der Waals surface area contributed by atoms with E-state index >= 15 is 0 Å². The molecule has 4 nitrogen and oxygen atoms in total. The molecule has 5 heteroatoms. The molecule has 0 saturated carbocycles. The number of aromatic nitrogens is 2. The second-order valence-electron chi connectivity index (χ2n) is 3.25. The van der Waals surface area contributed by atoms with E-state index in [1.54, 1.807) is 19.1 Å². The third-order valence-electron chi connectivity index (χ3n) is 1.93. The van der Waals surface area contributed by atoms with Gasteiger partial charge in [0.2, 0.25) is 11.7 Å². The highest BCUT2D eigenvalue weighted by Crippen LogP contribution is 2.17. The molecule has 1 heterocycles. The summed E-state index contributed by atoms with van der Waals surface area (Å²) in [5.74, 6) is 0.492. The normalized spacial score (nSPS) is 12.7. The van der Waals surface area contributed by atoms with Crippen LogP contribution in [0, 0.1) is 5.82 Å². The van der Waals surface area contributed by atoms with E-state index in [2.05, 4.69) is 10.1 Å². The number of nitrogens with two attached hydrogens (primary N) is 1. The molecular weight excluding hydrogens is 197 g/mol.